The first-order chi connectivity index (χ1) is 17.7. The van der Waals surface area contributed by atoms with Crippen LogP contribution in [0.1, 0.15) is 50.1 Å². The molecule has 6 heteroatoms. The Morgan fingerprint density at radius 3 is 2.53 bits per heavy atom. The molecular weight excluding hydrogens is 446 g/mol. The number of aromatic nitrogens is 3. The topological polar surface area (TPSA) is 69.2 Å². The third kappa shape index (κ3) is 4.82. The number of ether oxygens (including phenoxy) is 1. The number of anilines is 1. The molecule has 0 bridgehead atoms. The molecule has 0 atom stereocenters. The normalized spacial score (nSPS) is 20.7. The van der Waals surface area contributed by atoms with Gasteiger partial charge in [-0.3, -0.25) is 0 Å². The molecule has 2 aromatic carbocycles. The van der Waals surface area contributed by atoms with E-state index in [4.69, 9.17) is 10.5 Å². The Morgan fingerprint density at radius 1 is 0.917 bits per heavy atom. The molecule has 36 heavy (non-hydrogen) atoms. The molecule has 1 saturated carbocycles. The van der Waals surface area contributed by atoms with E-state index in [0.717, 1.165) is 39.4 Å². The zero-order chi connectivity index (χ0) is 24.3. The third-order valence-corrected chi connectivity index (χ3v) is 7.85. The first-order valence-corrected chi connectivity index (χ1v) is 13.3. The minimum atomic E-state index is 0.463. The fourth-order valence-electron chi connectivity index (χ4n) is 5.86. The number of benzene rings is 2. The van der Waals surface area contributed by atoms with Gasteiger partial charge in [0.2, 0.25) is 0 Å². The molecule has 4 aromatic rings. The van der Waals surface area contributed by atoms with Gasteiger partial charge in [-0.1, -0.05) is 55.3 Å². The van der Waals surface area contributed by atoms with Gasteiger partial charge >= 0.3 is 0 Å². The predicted octanol–water partition coefficient (Wildman–Crippen LogP) is 6.09. The summed E-state index contributed by atoms with van der Waals surface area (Å²) in [5, 5.41) is 0.939. The predicted molar refractivity (Wildman–Crippen MR) is 145 cm³/mol. The maximum atomic E-state index is 6.40. The fraction of sp³-hybridized carbons (Fsp3) is 0.400. The van der Waals surface area contributed by atoms with Gasteiger partial charge in [-0.2, -0.15) is 0 Å². The highest BCUT2D eigenvalue weighted by molar-refractivity contribution is 6.00. The fourth-order valence-corrected chi connectivity index (χ4v) is 5.86. The van der Waals surface area contributed by atoms with Crippen LogP contribution in [-0.2, 0) is 6.61 Å². The summed E-state index contributed by atoms with van der Waals surface area (Å²) in [4.78, 5) is 11.7. The lowest BCUT2D eigenvalue weighted by atomic mass is 9.79. The van der Waals surface area contributed by atoms with Gasteiger partial charge in [0.25, 0.3) is 0 Å². The molecule has 0 spiro atoms. The molecule has 0 amide bonds. The van der Waals surface area contributed by atoms with E-state index >= 15 is 0 Å². The maximum Gasteiger partial charge on any atom is 0.146 e. The molecule has 6 nitrogen and oxygen atoms in total. The number of likely N-dealkylation sites (tertiary alicyclic amines) is 1. The summed E-state index contributed by atoms with van der Waals surface area (Å²) < 4.78 is 8.45. The van der Waals surface area contributed by atoms with Gasteiger partial charge in [0.05, 0.1) is 5.39 Å². The van der Waals surface area contributed by atoms with Crippen molar-refractivity contribution in [3.8, 4) is 16.9 Å². The zero-order valence-corrected chi connectivity index (χ0v) is 20.9. The van der Waals surface area contributed by atoms with Crippen LogP contribution < -0.4 is 10.5 Å². The summed E-state index contributed by atoms with van der Waals surface area (Å²) in [6.45, 7) is 4.31. The van der Waals surface area contributed by atoms with Gasteiger partial charge in [0.1, 0.15) is 30.1 Å². The molecule has 6 rings (SSSR count). The second-order valence-corrected chi connectivity index (χ2v) is 10.4. The SMILES string of the molecule is Nc1ncnc2c1c(-c1cccc(OCc3ccccc3)c1)cn2[C@H]1C[C@H](CN2CCCCCC2)C1. The van der Waals surface area contributed by atoms with Gasteiger partial charge in [-0.05, 0) is 68.0 Å². The summed E-state index contributed by atoms with van der Waals surface area (Å²) >= 11 is 0. The minimum absolute atomic E-state index is 0.463. The highest BCUT2D eigenvalue weighted by atomic mass is 16.5. The molecule has 0 unspecified atom stereocenters. The van der Waals surface area contributed by atoms with Crippen LogP contribution in [0.3, 0.4) is 0 Å². The zero-order valence-electron chi connectivity index (χ0n) is 20.9. The first kappa shape index (κ1) is 23.0. The summed E-state index contributed by atoms with van der Waals surface area (Å²) in [5.41, 5.74) is 10.6. The lowest BCUT2D eigenvalue weighted by Gasteiger charge is -2.39. The maximum absolute atomic E-state index is 6.40. The number of rotatable bonds is 7. The summed E-state index contributed by atoms with van der Waals surface area (Å²) in [7, 11) is 0. The van der Waals surface area contributed by atoms with E-state index in [1.54, 1.807) is 6.33 Å². The summed E-state index contributed by atoms with van der Waals surface area (Å²) in [5.74, 6) is 2.14. The lowest BCUT2D eigenvalue weighted by molar-refractivity contribution is 0.133. The van der Waals surface area contributed by atoms with E-state index < -0.39 is 0 Å². The quantitative estimate of drug-likeness (QED) is 0.346. The Hall–Kier alpha value is -3.38. The van der Waals surface area contributed by atoms with Crippen molar-refractivity contribution in [2.75, 3.05) is 25.4 Å². The van der Waals surface area contributed by atoms with Crippen LogP contribution in [0, 0.1) is 5.92 Å². The van der Waals surface area contributed by atoms with Crippen LogP contribution >= 0.6 is 0 Å². The van der Waals surface area contributed by atoms with Crippen molar-refractivity contribution in [2.24, 2.45) is 5.92 Å². The Balaban J connectivity index is 1.22. The molecule has 1 saturated heterocycles. The number of hydrogen-bond donors (Lipinski definition) is 1. The van der Waals surface area contributed by atoms with E-state index in [-0.39, 0.29) is 0 Å². The van der Waals surface area contributed by atoms with E-state index in [9.17, 15) is 0 Å². The molecule has 186 valence electrons. The highest BCUT2D eigenvalue weighted by Crippen LogP contribution is 2.43. The number of nitrogens with two attached hydrogens (primary N) is 1. The van der Waals surface area contributed by atoms with Crippen LogP contribution in [0.15, 0.2) is 67.1 Å². The lowest BCUT2D eigenvalue weighted by Crippen LogP contribution is -2.37. The van der Waals surface area contributed by atoms with Crippen LogP contribution in [0.4, 0.5) is 5.82 Å². The number of fused-ring (bicyclic) bond motifs is 1. The van der Waals surface area contributed by atoms with Crippen molar-refractivity contribution < 1.29 is 4.74 Å². The van der Waals surface area contributed by atoms with E-state index in [0.29, 0.717) is 18.5 Å². The minimum Gasteiger partial charge on any atom is -0.489 e. The average molecular weight is 482 g/mol. The average Bonchev–Trinajstić information content (AvgIpc) is 3.08. The monoisotopic (exact) mass is 481 g/mol. The molecule has 3 heterocycles. The third-order valence-electron chi connectivity index (χ3n) is 7.85. The molecular formula is C30H35N5O. The van der Waals surface area contributed by atoms with Gasteiger partial charge in [-0.25, -0.2) is 9.97 Å². The number of nitrogen functional groups attached to an aromatic ring is 1. The molecule has 2 aliphatic rings. The van der Waals surface area contributed by atoms with Crippen molar-refractivity contribution in [1.29, 1.82) is 0 Å². The Morgan fingerprint density at radius 2 is 1.72 bits per heavy atom. The van der Waals surface area contributed by atoms with Crippen LogP contribution in [0.25, 0.3) is 22.2 Å². The summed E-state index contributed by atoms with van der Waals surface area (Å²) in [6, 6.07) is 19.0. The summed E-state index contributed by atoms with van der Waals surface area (Å²) in [6.07, 6.45) is 11.7. The number of nitrogens with zero attached hydrogens (tertiary/aromatic N) is 4. The van der Waals surface area contributed by atoms with E-state index in [1.807, 2.05) is 30.3 Å². The highest BCUT2D eigenvalue weighted by Gasteiger charge is 2.33. The number of hydrogen-bond acceptors (Lipinski definition) is 5. The molecule has 2 fully saturated rings. The Labute approximate surface area is 213 Å². The molecule has 1 aliphatic heterocycles. The van der Waals surface area contributed by atoms with Gasteiger partial charge < -0.3 is 19.9 Å². The smallest absolute Gasteiger partial charge is 0.146 e. The molecule has 1 aliphatic carbocycles. The van der Waals surface area contributed by atoms with Crippen LogP contribution in [0.2, 0.25) is 0 Å². The van der Waals surface area contributed by atoms with Gasteiger partial charge in [-0.15, -0.1) is 0 Å². The molecule has 0 radical (unpaired) electrons. The van der Waals surface area contributed by atoms with Crippen molar-refractivity contribution >= 4 is 16.9 Å². The van der Waals surface area contributed by atoms with Crippen LogP contribution in [-0.4, -0.2) is 39.1 Å². The van der Waals surface area contributed by atoms with E-state index in [1.165, 1.54) is 58.2 Å². The van der Waals surface area contributed by atoms with Crippen molar-refractivity contribution in [3.63, 3.8) is 0 Å². The Kier molecular flexibility index (Phi) is 6.60. The second-order valence-electron chi connectivity index (χ2n) is 10.4. The first-order valence-electron chi connectivity index (χ1n) is 13.3. The van der Waals surface area contributed by atoms with Crippen molar-refractivity contribution in [1.82, 2.24) is 19.4 Å². The van der Waals surface area contributed by atoms with Gasteiger partial charge in [0.15, 0.2) is 0 Å². The van der Waals surface area contributed by atoms with E-state index in [2.05, 4.69) is 49.9 Å². The standard InChI is InChI=1S/C30H35N5O/c31-29-28-27(24-11-8-12-26(17-24)36-20-22-9-4-3-5-10-22)19-35(30(28)33-21-32-29)25-15-23(16-25)18-34-13-6-1-2-7-14-34/h3-5,8-12,17,19,21,23,25H,1-2,6-7,13-16,18,20H2,(H2,31,32,33)/t23-,25-. The van der Waals surface area contributed by atoms with Crippen molar-refractivity contribution in [2.45, 2.75) is 51.2 Å². The second kappa shape index (κ2) is 10.3. The molecule has 2 N–H and O–H groups in total. The Bertz CT molecular complexity index is 1300. The molecule has 2 aromatic heterocycles. The van der Waals surface area contributed by atoms with Gasteiger partial charge in [0, 0.05) is 24.3 Å². The largest absolute Gasteiger partial charge is 0.489 e. The van der Waals surface area contributed by atoms with Crippen LogP contribution in [0.5, 0.6) is 5.75 Å². The van der Waals surface area contributed by atoms with Crippen molar-refractivity contribution in [3.05, 3.63) is 72.7 Å².